The number of carbonyl (C=O) groups excluding carboxylic acids is 1. The van der Waals surface area contributed by atoms with E-state index in [1.807, 2.05) is 31.2 Å². The van der Waals surface area contributed by atoms with Crippen molar-refractivity contribution in [3.63, 3.8) is 0 Å². The SMILES string of the molecule is CCOCCOCc1cccc(NC(=O)CC2CCCN2)c1. The van der Waals surface area contributed by atoms with E-state index in [-0.39, 0.29) is 5.91 Å². The van der Waals surface area contributed by atoms with Crippen LogP contribution in [0.2, 0.25) is 0 Å². The van der Waals surface area contributed by atoms with E-state index in [1.54, 1.807) is 0 Å². The molecule has 2 N–H and O–H groups in total. The zero-order valence-electron chi connectivity index (χ0n) is 13.3. The number of carbonyl (C=O) groups is 1. The predicted molar refractivity (Wildman–Crippen MR) is 86.9 cm³/mol. The number of benzene rings is 1. The molecule has 5 nitrogen and oxygen atoms in total. The maximum absolute atomic E-state index is 12.0. The highest BCUT2D eigenvalue weighted by Crippen LogP contribution is 2.14. The van der Waals surface area contributed by atoms with Crippen LogP contribution in [0.1, 0.15) is 31.7 Å². The van der Waals surface area contributed by atoms with E-state index < -0.39 is 0 Å². The van der Waals surface area contributed by atoms with Gasteiger partial charge in [-0.05, 0) is 44.0 Å². The van der Waals surface area contributed by atoms with E-state index in [0.717, 1.165) is 30.6 Å². The summed E-state index contributed by atoms with van der Waals surface area (Å²) in [6, 6.07) is 8.12. The van der Waals surface area contributed by atoms with Crippen LogP contribution >= 0.6 is 0 Å². The molecular formula is C17H26N2O3. The van der Waals surface area contributed by atoms with Crippen molar-refractivity contribution in [3.8, 4) is 0 Å². The highest BCUT2D eigenvalue weighted by atomic mass is 16.5. The van der Waals surface area contributed by atoms with Crippen molar-refractivity contribution in [2.75, 3.05) is 31.7 Å². The maximum atomic E-state index is 12.0. The molecule has 122 valence electrons. The highest BCUT2D eigenvalue weighted by molar-refractivity contribution is 5.91. The summed E-state index contributed by atoms with van der Waals surface area (Å²) in [4.78, 5) is 12.0. The fraction of sp³-hybridized carbons (Fsp3) is 0.588. The van der Waals surface area contributed by atoms with Gasteiger partial charge in [0.1, 0.15) is 0 Å². The Morgan fingerprint density at radius 2 is 2.23 bits per heavy atom. The summed E-state index contributed by atoms with van der Waals surface area (Å²) >= 11 is 0. The molecule has 1 aromatic carbocycles. The number of nitrogens with one attached hydrogen (secondary N) is 2. The zero-order chi connectivity index (χ0) is 15.6. The average Bonchev–Trinajstić information content (AvgIpc) is 3.00. The molecule has 22 heavy (non-hydrogen) atoms. The largest absolute Gasteiger partial charge is 0.379 e. The molecular weight excluding hydrogens is 280 g/mol. The van der Waals surface area contributed by atoms with Gasteiger partial charge in [0.15, 0.2) is 0 Å². The summed E-state index contributed by atoms with van der Waals surface area (Å²) in [5, 5.41) is 6.30. The molecule has 1 fully saturated rings. The molecule has 1 unspecified atom stereocenters. The molecule has 0 aliphatic carbocycles. The third-order valence-electron chi connectivity index (χ3n) is 3.65. The Hall–Kier alpha value is -1.43. The van der Waals surface area contributed by atoms with E-state index >= 15 is 0 Å². The lowest BCUT2D eigenvalue weighted by Gasteiger charge is -2.11. The van der Waals surface area contributed by atoms with Gasteiger partial charge in [-0.2, -0.15) is 0 Å². The summed E-state index contributed by atoms with van der Waals surface area (Å²) in [5.41, 5.74) is 1.88. The van der Waals surface area contributed by atoms with Crippen molar-refractivity contribution in [1.29, 1.82) is 0 Å². The third-order valence-corrected chi connectivity index (χ3v) is 3.65. The summed E-state index contributed by atoms with van der Waals surface area (Å²) in [5.74, 6) is 0.0637. The van der Waals surface area contributed by atoms with E-state index in [4.69, 9.17) is 9.47 Å². The summed E-state index contributed by atoms with van der Waals surface area (Å²) in [6.45, 7) is 5.42. The Balaban J connectivity index is 1.74. The minimum atomic E-state index is 0.0637. The lowest BCUT2D eigenvalue weighted by atomic mass is 10.1. The van der Waals surface area contributed by atoms with E-state index in [0.29, 0.717) is 38.9 Å². The Morgan fingerprint density at radius 1 is 1.36 bits per heavy atom. The first-order chi connectivity index (χ1) is 10.8. The van der Waals surface area contributed by atoms with Crippen LogP contribution in [0.3, 0.4) is 0 Å². The first-order valence-corrected chi connectivity index (χ1v) is 8.05. The first kappa shape index (κ1) is 16.9. The number of amides is 1. The zero-order valence-corrected chi connectivity index (χ0v) is 13.3. The molecule has 0 aromatic heterocycles. The fourth-order valence-corrected chi connectivity index (χ4v) is 2.56. The van der Waals surface area contributed by atoms with Gasteiger partial charge in [-0.15, -0.1) is 0 Å². The van der Waals surface area contributed by atoms with Gasteiger partial charge in [-0.3, -0.25) is 4.79 Å². The van der Waals surface area contributed by atoms with Gasteiger partial charge in [0.05, 0.1) is 19.8 Å². The lowest BCUT2D eigenvalue weighted by molar-refractivity contribution is -0.116. The molecule has 1 heterocycles. The van der Waals surface area contributed by atoms with Gasteiger partial charge in [0, 0.05) is 24.8 Å². The van der Waals surface area contributed by atoms with Crippen molar-refractivity contribution in [3.05, 3.63) is 29.8 Å². The van der Waals surface area contributed by atoms with Crippen molar-refractivity contribution < 1.29 is 14.3 Å². The lowest BCUT2D eigenvalue weighted by Crippen LogP contribution is -2.27. The number of hydrogen-bond acceptors (Lipinski definition) is 4. The molecule has 1 aliphatic heterocycles. The first-order valence-electron chi connectivity index (χ1n) is 8.05. The van der Waals surface area contributed by atoms with Gasteiger partial charge < -0.3 is 20.1 Å². The maximum Gasteiger partial charge on any atom is 0.225 e. The van der Waals surface area contributed by atoms with Crippen molar-refractivity contribution in [2.45, 2.75) is 38.8 Å². The van der Waals surface area contributed by atoms with Crippen LogP contribution in [0.4, 0.5) is 5.69 Å². The van der Waals surface area contributed by atoms with Gasteiger partial charge in [0.2, 0.25) is 5.91 Å². The van der Waals surface area contributed by atoms with Crippen LogP contribution in [0.25, 0.3) is 0 Å². The minimum Gasteiger partial charge on any atom is -0.379 e. The van der Waals surface area contributed by atoms with Crippen molar-refractivity contribution in [2.24, 2.45) is 0 Å². The molecule has 0 bridgehead atoms. The molecule has 2 rings (SSSR count). The summed E-state index contributed by atoms with van der Waals surface area (Å²) in [7, 11) is 0. The van der Waals surface area contributed by atoms with Gasteiger partial charge in [-0.1, -0.05) is 12.1 Å². The Labute approximate surface area is 132 Å². The predicted octanol–water partition coefficient (Wildman–Crippen LogP) is 2.32. The number of rotatable bonds is 9. The summed E-state index contributed by atoms with van der Waals surface area (Å²) < 4.78 is 10.8. The molecule has 1 saturated heterocycles. The van der Waals surface area contributed by atoms with Crippen LogP contribution in [0.5, 0.6) is 0 Å². The van der Waals surface area contributed by atoms with Crippen LogP contribution in [0, 0.1) is 0 Å². The molecule has 0 saturated carbocycles. The van der Waals surface area contributed by atoms with Crippen LogP contribution in [-0.4, -0.2) is 38.3 Å². The normalized spacial score (nSPS) is 17.6. The second kappa shape index (κ2) is 9.56. The molecule has 1 amide bonds. The number of hydrogen-bond donors (Lipinski definition) is 2. The quantitative estimate of drug-likeness (QED) is 0.687. The summed E-state index contributed by atoms with van der Waals surface area (Å²) in [6.07, 6.45) is 2.78. The smallest absolute Gasteiger partial charge is 0.225 e. The van der Waals surface area contributed by atoms with Crippen molar-refractivity contribution >= 4 is 11.6 Å². The average molecular weight is 306 g/mol. The topological polar surface area (TPSA) is 59.6 Å². The number of anilines is 1. The minimum absolute atomic E-state index is 0.0637. The highest BCUT2D eigenvalue weighted by Gasteiger charge is 2.17. The Bertz CT molecular complexity index is 459. The van der Waals surface area contributed by atoms with Crippen LogP contribution < -0.4 is 10.6 Å². The second-order valence-electron chi connectivity index (χ2n) is 5.50. The van der Waals surface area contributed by atoms with E-state index in [9.17, 15) is 4.79 Å². The molecule has 0 spiro atoms. The van der Waals surface area contributed by atoms with E-state index in [2.05, 4.69) is 10.6 Å². The number of ether oxygens (including phenoxy) is 2. The third kappa shape index (κ3) is 6.13. The van der Waals surface area contributed by atoms with Crippen LogP contribution in [-0.2, 0) is 20.9 Å². The molecule has 1 aliphatic rings. The van der Waals surface area contributed by atoms with Gasteiger partial charge in [0.25, 0.3) is 0 Å². The van der Waals surface area contributed by atoms with Crippen molar-refractivity contribution in [1.82, 2.24) is 5.32 Å². The Kier molecular flexibility index (Phi) is 7.36. The Morgan fingerprint density at radius 3 is 3.00 bits per heavy atom. The molecule has 1 atom stereocenters. The van der Waals surface area contributed by atoms with Gasteiger partial charge in [-0.25, -0.2) is 0 Å². The van der Waals surface area contributed by atoms with Crippen LogP contribution in [0.15, 0.2) is 24.3 Å². The standard InChI is InChI=1S/C17H26N2O3/c1-2-21-9-10-22-13-14-5-3-6-16(11-14)19-17(20)12-15-7-4-8-18-15/h3,5-6,11,15,18H,2,4,7-10,12-13H2,1H3,(H,19,20). The second-order valence-corrected chi connectivity index (χ2v) is 5.50. The van der Waals surface area contributed by atoms with Gasteiger partial charge >= 0.3 is 0 Å². The molecule has 1 aromatic rings. The molecule has 0 radical (unpaired) electrons. The van der Waals surface area contributed by atoms with E-state index in [1.165, 1.54) is 0 Å². The fourth-order valence-electron chi connectivity index (χ4n) is 2.56. The monoisotopic (exact) mass is 306 g/mol. The molecule has 5 heteroatoms.